The molecule has 3 aliphatic rings. The zero-order chi connectivity index (χ0) is 31.5. The average Bonchev–Trinajstić information content (AvgIpc) is 3.54. The Morgan fingerprint density at radius 2 is 1.80 bits per heavy atom. The standard InChI is InChI=1S/C36H44N6O4/c1-25(26-8-4-3-5-9-26)46-30-13-7-11-28(21-30)27-10-6-12-29(20-27)42-35(32-22-31(32)34-24-40(2)39-38-34)33(23-37-42)36(43)45-19-16-41-14-17-44-18-15-41/h6-7,10-13,20-21,23-26,31-32H,3-5,8-9,14-19,22H2,1-2H3/t25?,31-,32-/m1/s1. The fraction of sp³-hybridized carbons (Fsp3) is 0.500. The molecule has 1 unspecified atom stereocenters. The molecule has 10 nitrogen and oxygen atoms in total. The summed E-state index contributed by atoms with van der Waals surface area (Å²) in [6, 6.07) is 16.7. The lowest BCUT2D eigenvalue weighted by molar-refractivity contribution is 0.0195. The van der Waals surface area contributed by atoms with Gasteiger partial charge in [-0.05, 0) is 67.5 Å². The fourth-order valence-electron chi connectivity index (χ4n) is 7.09. The molecule has 2 aliphatic carbocycles. The van der Waals surface area contributed by atoms with Crippen LogP contribution in [-0.4, -0.2) is 81.2 Å². The molecule has 1 aliphatic heterocycles. The van der Waals surface area contributed by atoms with Gasteiger partial charge in [-0.1, -0.05) is 48.7 Å². The van der Waals surface area contributed by atoms with Crippen molar-refractivity contribution in [2.24, 2.45) is 13.0 Å². The SMILES string of the molecule is CC(Oc1cccc(-c2cccc(-n3ncc(C(=O)OCCN4CCOCC4)c3[C@@H]3C[C@H]3c3cn(C)nn3)c2)c1)C1CCCCC1. The number of hydrogen-bond donors (Lipinski definition) is 0. The molecule has 0 N–H and O–H groups in total. The maximum absolute atomic E-state index is 13.5. The van der Waals surface area contributed by atoms with E-state index in [0.29, 0.717) is 37.8 Å². The highest BCUT2D eigenvalue weighted by atomic mass is 16.5. The number of hydrogen-bond acceptors (Lipinski definition) is 8. The Balaban J connectivity index is 1.13. The third kappa shape index (κ3) is 6.88. The van der Waals surface area contributed by atoms with Crippen molar-refractivity contribution in [3.05, 3.63) is 77.9 Å². The molecule has 10 heteroatoms. The lowest BCUT2D eigenvalue weighted by Gasteiger charge is -2.28. The Morgan fingerprint density at radius 3 is 2.59 bits per heavy atom. The number of aromatic nitrogens is 5. The van der Waals surface area contributed by atoms with Crippen LogP contribution in [0, 0.1) is 5.92 Å². The first kappa shape index (κ1) is 30.6. The monoisotopic (exact) mass is 624 g/mol. The normalized spacial score (nSPS) is 21.2. The molecule has 0 spiro atoms. The van der Waals surface area contributed by atoms with Crippen LogP contribution in [-0.2, 0) is 16.5 Å². The largest absolute Gasteiger partial charge is 0.490 e. The second-order valence-corrected chi connectivity index (χ2v) is 13.0. The molecular formula is C36H44N6O4. The number of aryl methyl sites for hydroxylation is 1. The van der Waals surface area contributed by atoms with Gasteiger partial charge in [0.05, 0.1) is 42.6 Å². The second kappa shape index (κ2) is 13.8. The van der Waals surface area contributed by atoms with Crippen molar-refractivity contribution < 1.29 is 19.0 Å². The Morgan fingerprint density at radius 1 is 1.02 bits per heavy atom. The third-order valence-electron chi connectivity index (χ3n) is 9.81. The van der Waals surface area contributed by atoms with Crippen LogP contribution in [0.25, 0.3) is 16.8 Å². The number of morpholine rings is 1. The predicted molar refractivity (Wildman–Crippen MR) is 174 cm³/mol. The van der Waals surface area contributed by atoms with Crippen LogP contribution in [0.15, 0.2) is 60.9 Å². The summed E-state index contributed by atoms with van der Waals surface area (Å²) in [5, 5.41) is 13.3. The summed E-state index contributed by atoms with van der Waals surface area (Å²) in [4.78, 5) is 15.8. The minimum atomic E-state index is -0.340. The average molecular weight is 625 g/mol. The van der Waals surface area contributed by atoms with Crippen LogP contribution in [0.2, 0.25) is 0 Å². The molecule has 242 valence electrons. The number of esters is 1. The first-order valence-corrected chi connectivity index (χ1v) is 16.8. The zero-order valence-electron chi connectivity index (χ0n) is 26.9. The van der Waals surface area contributed by atoms with Crippen LogP contribution in [0.3, 0.4) is 0 Å². The van der Waals surface area contributed by atoms with Crippen molar-refractivity contribution in [1.29, 1.82) is 0 Å². The van der Waals surface area contributed by atoms with Gasteiger partial charge >= 0.3 is 5.97 Å². The molecule has 2 aromatic heterocycles. The summed E-state index contributed by atoms with van der Waals surface area (Å²) in [5.74, 6) is 1.43. The first-order valence-electron chi connectivity index (χ1n) is 16.8. The summed E-state index contributed by atoms with van der Waals surface area (Å²) >= 11 is 0. The van der Waals surface area contributed by atoms with Crippen LogP contribution >= 0.6 is 0 Å². The van der Waals surface area contributed by atoms with Crippen molar-refractivity contribution in [2.45, 2.75) is 63.4 Å². The Hall–Kier alpha value is -4.02. The molecule has 1 saturated heterocycles. The summed E-state index contributed by atoms with van der Waals surface area (Å²) < 4.78 is 21.3. The molecule has 4 aromatic rings. The fourth-order valence-corrected chi connectivity index (χ4v) is 7.09. The topological polar surface area (TPSA) is 96.5 Å². The van der Waals surface area contributed by atoms with Crippen molar-refractivity contribution in [1.82, 2.24) is 29.7 Å². The molecule has 2 aromatic carbocycles. The van der Waals surface area contributed by atoms with Gasteiger partial charge in [-0.15, -0.1) is 5.10 Å². The molecule has 0 amide bonds. The second-order valence-electron chi connectivity index (χ2n) is 13.0. The summed E-state index contributed by atoms with van der Waals surface area (Å²) in [6.45, 7) is 6.36. The van der Waals surface area contributed by atoms with Crippen LogP contribution in [0.1, 0.15) is 79.0 Å². The Labute approximate surface area is 270 Å². The van der Waals surface area contributed by atoms with E-state index in [1.54, 1.807) is 10.9 Å². The van der Waals surface area contributed by atoms with Crippen molar-refractivity contribution in [3.8, 4) is 22.6 Å². The number of rotatable bonds is 11. The summed E-state index contributed by atoms with van der Waals surface area (Å²) in [7, 11) is 1.87. The van der Waals surface area contributed by atoms with Crippen LogP contribution < -0.4 is 4.74 Å². The van der Waals surface area contributed by atoms with E-state index < -0.39 is 0 Å². The quantitative estimate of drug-likeness (QED) is 0.194. The highest BCUT2D eigenvalue weighted by Gasteiger charge is 2.46. The molecule has 3 atom stereocenters. The Kier molecular flexibility index (Phi) is 9.16. The van der Waals surface area contributed by atoms with Gasteiger partial charge in [-0.2, -0.15) is 5.10 Å². The van der Waals surface area contributed by atoms with Crippen molar-refractivity contribution in [3.63, 3.8) is 0 Å². The molecule has 0 radical (unpaired) electrons. The highest BCUT2D eigenvalue weighted by Crippen LogP contribution is 2.55. The summed E-state index contributed by atoms with van der Waals surface area (Å²) in [6.07, 6.45) is 11.1. The predicted octanol–water partition coefficient (Wildman–Crippen LogP) is 5.78. The number of ether oxygens (including phenoxy) is 3. The lowest BCUT2D eigenvalue weighted by atomic mass is 9.86. The van der Waals surface area contributed by atoms with Gasteiger partial charge in [0.25, 0.3) is 0 Å². The van der Waals surface area contributed by atoms with E-state index in [9.17, 15) is 4.79 Å². The molecule has 7 rings (SSSR count). The lowest BCUT2D eigenvalue weighted by Crippen LogP contribution is -2.38. The van der Waals surface area contributed by atoms with E-state index in [-0.39, 0.29) is 23.9 Å². The van der Waals surface area contributed by atoms with E-state index in [4.69, 9.17) is 19.3 Å². The summed E-state index contributed by atoms with van der Waals surface area (Å²) in [5.41, 5.74) is 5.34. The van der Waals surface area contributed by atoms with E-state index >= 15 is 0 Å². The number of carbonyl (C=O) groups excluding carboxylic acids is 1. The maximum atomic E-state index is 13.5. The molecule has 0 bridgehead atoms. The highest BCUT2D eigenvalue weighted by molar-refractivity contribution is 5.91. The van der Waals surface area contributed by atoms with E-state index in [1.165, 1.54) is 32.1 Å². The maximum Gasteiger partial charge on any atom is 0.341 e. The van der Waals surface area contributed by atoms with Gasteiger partial charge in [0.15, 0.2) is 0 Å². The van der Waals surface area contributed by atoms with Gasteiger partial charge in [0.2, 0.25) is 0 Å². The minimum absolute atomic E-state index is 0.0858. The molecule has 3 fully saturated rings. The molecular weight excluding hydrogens is 580 g/mol. The first-order chi connectivity index (χ1) is 22.5. The van der Waals surface area contributed by atoms with Gasteiger partial charge in [0, 0.05) is 44.7 Å². The minimum Gasteiger partial charge on any atom is -0.490 e. The van der Waals surface area contributed by atoms with Gasteiger partial charge in [0.1, 0.15) is 17.9 Å². The smallest absolute Gasteiger partial charge is 0.341 e. The van der Waals surface area contributed by atoms with Gasteiger partial charge < -0.3 is 14.2 Å². The third-order valence-corrected chi connectivity index (χ3v) is 9.81. The zero-order valence-corrected chi connectivity index (χ0v) is 26.9. The molecule has 46 heavy (non-hydrogen) atoms. The molecule has 2 saturated carbocycles. The van der Waals surface area contributed by atoms with Gasteiger partial charge in [-0.25, -0.2) is 9.48 Å². The van der Waals surface area contributed by atoms with Gasteiger partial charge in [-0.3, -0.25) is 9.58 Å². The van der Waals surface area contributed by atoms with E-state index in [1.807, 2.05) is 30.1 Å². The number of benzene rings is 2. The number of nitrogens with zero attached hydrogens (tertiary/aromatic N) is 6. The van der Waals surface area contributed by atoms with E-state index in [2.05, 4.69) is 58.5 Å². The van der Waals surface area contributed by atoms with Crippen LogP contribution in [0.5, 0.6) is 5.75 Å². The number of carbonyl (C=O) groups is 1. The van der Waals surface area contributed by atoms with E-state index in [0.717, 1.165) is 53.5 Å². The van der Waals surface area contributed by atoms with Crippen molar-refractivity contribution in [2.75, 3.05) is 39.5 Å². The molecule has 3 heterocycles. The van der Waals surface area contributed by atoms with Crippen molar-refractivity contribution >= 4 is 5.97 Å². The van der Waals surface area contributed by atoms with Crippen LogP contribution in [0.4, 0.5) is 0 Å². The Bertz CT molecular complexity index is 1640.